The number of aliphatic imine (C=N–C) groups is 1. The van der Waals surface area contributed by atoms with Crippen LogP contribution >= 0.6 is 0 Å². The molecule has 0 unspecified atom stereocenters. The van der Waals surface area contributed by atoms with Gasteiger partial charge in [-0.25, -0.2) is 4.79 Å². The van der Waals surface area contributed by atoms with Crippen molar-refractivity contribution in [3.05, 3.63) is 59.2 Å². The van der Waals surface area contributed by atoms with Crippen LogP contribution in [0.4, 0.5) is 11.4 Å². The number of carbonyl (C=O) groups is 1. The second-order valence-corrected chi connectivity index (χ2v) is 4.45. The van der Waals surface area contributed by atoms with Gasteiger partial charge < -0.3 is 5.32 Å². The fourth-order valence-corrected chi connectivity index (χ4v) is 1.82. The third-order valence-electron chi connectivity index (χ3n) is 3.16. The second-order valence-electron chi connectivity index (χ2n) is 4.45. The van der Waals surface area contributed by atoms with Crippen LogP contribution in [0.3, 0.4) is 0 Å². The predicted octanol–water partition coefficient (Wildman–Crippen LogP) is 3.52. The van der Waals surface area contributed by atoms with Gasteiger partial charge in [-0.3, -0.25) is 4.79 Å². The predicted molar refractivity (Wildman–Crippen MR) is 78.1 cm³/mol. The van der Waals surface area contributed by atoms with E-state index < -0.39 is 0 Å². The first-order chi connectivity index (χ1) is 9.61. The zero-order valence-corrected chi connectivity index (χ0v) is 11.3. The van der Waals surface area contributed by atoms with E-state index in [2.05, 4.69) is 10.3 Å². The van der Waals surface area contributed by atoms with Crippen LogP contribution in [-0.2, 0) is 4.79 Å². The molecular weight excluding hydrogens is 252 g/mol. The number of isocyanates is 1. The summed E-state index contributed by atoms with van der Waals surface area (Å²) in [6.45, 7) is 3.96. The average Bonchev–Trinajstić information content (AvgIpc) is 2.45. The summed E-state index contributed by atoms with van der Waals surface area (Å²) >= 11 is 0. The zero-order valence-electron chi connectivity index (χ0n) is 11.3. The molecule has 0 aliphatic heterocycles. The molecule has 0 aliphatic rings. The Morgan fingerprint density at radius 2 is 1.80 bits per heavy atom. The molecule has 20 heavy (non-hydrogen) atoms. The van der Waals surface area contributed by atoms with Crippen LogP contribution in [0.15, 0.2) is 47.5 Å². The molecule has 1 amide bonds. The van der Waals surface area contributed by atoms with E-state index in [1.165, 1.54) is 6.08 Å². The SMILES string of the molecule is Cc1cccc(NC(=O)c2ccc(N=C=O)cc2)c1C. The summed E-state index contributed by atoms with van der Waals surface area (Å²) in [4.78, 5) is 25.7. The Bertz CT molecular complexity index is 684. The average molecular weight is 266 g/mol. The Morgan fingerprint density at radius 1 is 1.10 bits per heavy atom. The highest BCUT2D eigenvalue weighted by atomic mass is 16.1. The van der Waals surface area contributed by atoms with Crippen LogP contribution < -0.4 is 5.32 Å². The molecule has 0 saturated carbocycles. The first-order valence-corrected chi connectivity index (χ1v) is 6.17. The van der Waals surface area contributed by atoms with Gasteiger partial charge in [-0.05, 0) is 55.3 Å². The monoisotopic (exact) mass is 266 g/mol. The van der Waals surface area contributed by atoms with Gasteiger partial charge in [0.1, 0.15) is 0 Å². The molecule has 1 N–H and O–H groups in total. The molecule has 0 atom stereocenters. The summed E-state index contributed by atoms with van der Waals surface area (Å²) in [5.74, 6) is -0.194. The van der Waals surface area contributed by atoms with Crippen LogP contribution in [0.5, 0.6) is 0 Å². The molecule has 4 nitrogen and oxygen atoms in total. The first-order valence-electron chi connectivity index (χ1n) is 6.17. The van der Waals surface area contributed by atoms with Crippen molar-refractivity contribution in [2.24, 2.45) is 4.99 Å². The van der Waals surface area contributed by atoms with E-state index in [-0.39, 0.29) is 5.91 Å². The molecule has 0 aromatic heterocycles. The first kappa shape index (κ1) is 13.7. The summed E-state index contributed by atoms with van der Waals surface area (Å²) in [5, 5.41) is 2.87. The lowest BCUT2D eigenvalue weighted by Gasteiger charge is -2.10. The summed E-state index contributed by atoms with van der Waals surface area (Å²) in [5.41, 5.74) is 3.95. The smallest absolute Gasteiger partial charge is 0.255 e. The maximum Gasteiger partial charge on any atom is 0.255 e. The standard InChI is InChI=1S/C16H14N2O2/c1-11-4-3-5-15(12(11)2)18-16(20)13-6-8-14(9-7-13)17-10-19/h3-9H,1-2H3,(H,18,20). The molecule has 2 aromatic rings. The molecular formula is C16H14N2O2. The number of amides is 1. The molecule has 0 spiro atoms. The summed E-state index contributed by atoms with van der Waals surface area (Å²) in [6.07, 6.45) is 1.46. The molecule has 2 aromatic carbocycles. The third-order valence-corrected chi connectivity index (χ3v) is 3.16. The van der Waals surface area contributed by atoms with Crippen molar-refractivity contribution in [1.82, 2.24) is 0 Å². The molecule has 0 saturated heterocycles. The Labute approximate surface area is 117 Å². The summed E-state index contributed by atoms with van der Waals surface area (Å²) in [6, 6.07) is 12.2. The molecule has 4 heteroatoms. The van der Waals surface area contributed by atoms with Crippen LogP contribution in [-0.4, -0.2) is 12.0 Å². The molecule has 0 aliphatic carbocycles. The van der Waals surface area contributed by atoms with Crippen molar-refractivity contribution >= 4 is 23.4 Å². The van der Waals surface area contributed by atoms with E-state index in [9.17, 15) is 9.59 Å². The lowest BCUT2D eigenvalue weighted by molar-refractivity contribution is 0.102. The van der Waals surface area contributed by atoms with Gasteiger partial charge in [0.25, 0.3) is 5.91 Å². The van der Waals surface area contributed by atoms with Gasteiger partial charge in [0.05, 0.1) is 5.69 Å². The number of rotatable bonds is 3. The number of aryl methyl sites for hydroxylation is 1. The normalized spacial score (nSPS) is 9.70. The molecule has 0 radical (unpaired) electrons. The van der Waals surface area contributed by atoms with Crippen molar-refractivity contribution in [1.29, 1.82) is 0 Å². The van der Waals surface area contributed by atoms with Crippen LogP contribution in [0.25, 0.3) is 0 Å². The number of benzene rings is 2. The lowest BCUT2D eigenvalue weighted by Crippen LogP contribution is -2.12. The van der Waals surface area contributed by atoms with E-state index in [0.717, 1.165) is 16.8 Å². The highest BCUT2D eigenvalue weighted by molar-refractivity contribution is 6.04. The number of nitrogens with zero attached hydrogens (tertiary/aromatic N) is 1. The Hall–Kier alpha value is -2.71. The van der Waals surface area contributed by atoms with Gasteiger partial charge in [0.2, 0.25) is 6.08 Å². The van der Waals surface area contributed by atoms with Gasteiger partial charge in [-0.15, -0.1) is 0 Å². The van der Waals surface area contributed by atoms with Crippen molar-refractivity contribution in [2.45, 2.75) is 13.8 Å². The fourth-order valence-electron chi connectivity index (χ4n) is 1.82. The minimum atomic E-state index is -0.194. The lowest BCUT2D eigenvalue weighted by atomic mass is 10.1. The van der Waals surface area contributed by atoms with Crippen LogP contribution in [0, 0.1) is 13.8 Å². The van der Waals surface area contributed by atoms with Gasteiger partial charge in [0, 0.05) is 11.3 Å². The van der Waals surface area contributed by atoms with E-state index in [1.54, 1.807) is 24.3 Å². The maximum absolute atomic E-state index is 12.1. The quantitative estimate of drug-likeness (QED) is 0.682. The number of anilines is 1. The van der Waals surface area contributed by atoms with Gasteiger partial charge in [-0.2, -0.15) is 4.99 Å². The van der Waals surface area contributed by atoms with Crippen molar-refractivity contribution in [3.8, 4) is 0 Å². The van der Waals surface area contributed by atoms with E-state index >= 15 is 0 Å². The van der Waals surface area contributed by atoms with Crippen molar-refractivity contribution < 1.29 is 9.59 Å². The Kier molecular flexibility index (Phi) is 4.08. The van der Waals surface area contributed by atoms with Gasteiger partial charge in [0.15, 0.2) is 0 Å². The van der Waals surface area contributed by atoms with E-state index in [4.69, 9.17) is 0 Å². The van der Waals surface area contributed by atoms with Gasteiger partial charge >= 0.3 is 0 Å². The maximum atomic E-state index is 12.1. The van der Waals surface area contributed by atoms with E-state index in [1.807, 2.05) is 32.0 Å². The molecule has 2 rings (SSSR count). The number of nitrogens with one attached hydrogen (secondary N) is 1. The van der Waals surface area contributed by atoms with Crippen molar-refractivity contribution in [3.63, 3.8) is 0 Å². The minimum absolute atomic E-state index is 0.194. The number of hydrogen-bond donors (Lipinski definition) is 1. The molecule has 0 heterocycles. The van der Waals surface area contributed by atoms with Crippen molar-refractivity contribution in [2.75, 3.05) is 5.32 Å². The van der Waals surface area contributed by atoms with Crippen LogP contribution in [0.1, 0.15) is 21.5 Å². The molecule has 0 fully saturated rings. The second kappa shape index (κ2) is 5.95. The zero-order chi connectivity index (χ0) is 14.5. The van der Waals surface area contributed by atoms with Gasteiger partial charge in [-0.1, -0.05) is 12.1 Å². The fraction of sp³-hybridized carbons (Fsp3) is 0.125. The number of carbonyl (C=O) groups excluding carboxylic acids is 2. The topological polar surface area (TPSA) is 58.5 Å². The summed E-state index contributed by atoms with van der Waals surface area (Å²) < 4.78 is 0. The van der Waals surface area contributed by atoms with E-state index in [0.29, 0.717) is 11.3 Å². The third kappa shape index (κ3) is 2.99. The highest BCUT2D eigenvalue weighted by Crippen LogP contribution is 2.19. The highest BCUT2D eigenvalue weighted by Gasteiger charge is 2.08. The molecule has 100 valence electrons. The Morgan fingerprint density at radius 3 is 2.45 bits per heavy atom. The molecule has 0 bridgehead atoms. The van der Waals surface area contributed by atoms with Crippen LogP contribution in [0.2, 0.25) is 0 Å². The number of hydrogen-bond acceptors (Lipinski definition) is 3. The minimum Gasteiger partial charge on any atom is -0.322 e. The Balaban J connectivity index is 2.19. The largest absolute Gasteiger partial charge is 0.322 e. The summed E-state index contributed by atoms with van der Waals surface area (Å²) in [7, 11) is 0.